The number of aliphatic hydroxyl groups is 1. The number of aliphatic hydroxyl groups excluding tert-OH is 1. The number of halogens is 1. The van der Waals surface area contributed by atoms with Gasteiger partial charge in [0.2, 0.25) is 0 Å². The lowest BCUT2D eigenvalue weighted by Crippen LogP contribution is -2.33. The van der Waals surface area contributed by atoms with E-state index < -0.39 is 17.7 Å². The molecule has 0 bridgehead atoms. The number of likely N-dealkylation sites (tertiary alicyclic amines) is 1. The molecule has 1 aliphatic rings. The highest BCUT2D eigenvalue weighted by molar-refractivity contribution is 6.46. The molecule has 2 aromatic rings. The van der Waals surface area contributed by atoms with Gasteiger partial charge in [-0.3, -0.25) is 9.59 Å². The molecule has 34 heavy (non-hydrogen) atoms. The molecule has 0 aliphatic carbocycles. The summed E-state index contributed by atoms with van der Waals surface area (Å²) in [6, 6.07) is 13.2. The predicted octanol–water partition coefficient (Wildman–Crippen LogP) is 5.28. The number of rotatable bonds is 10. The third-order valence-corrected chi connectivity index (χ3v) is 6.25. The standard InChI is InChI=1S/C27H33ClN2O4/c1-5-29(6-2)16-7-17-30-24(19-10-14-22(15-11-19)34-18(3)4)23(26(32)27(30)33)25(31)20-8-12-21(28)13-9-20/h8-15,18,24,31H,5-7,16-17H2,1-4H3/t24-/m1/s1. The van der Waals surface area contributed by atoms with E-state index >= 15 is 0 Å². The monoisotopic (exact) mass is 484 g/mol. The average Bonchev–Trinajstić information content (AvgIpc) is 3.07. The van der Waals surface area contributed by atoms with Crippen molar-refractivity contribution in [3.63, 3.8) is 0 Å². The number of Topliss-reactive ketones (excluding diaryl/α,β-unsaturated/α-hetero) is 1. The topological polar surface area (TPSA) is 70.1 Å². The fraction of sp³-hybridized carbons (Fsp3) is 0.407. The third-order valence-electron chi connectivity index (χ3n) is 5.99. The Hall–Kier alpha value is -2.83. The van der Waals surface area contributed by atoms with E-state index in [1.807, 2.05) is 38.1 Å². The largest absolute Gasteiger partial charge is 0.507 e. The van der Waals surface area contributed by atoms with Crippen LogP contribution < -0.4 is 4.74 Å². The van der Waals surface area contributed by atoms with Crippen LogP contribution in [0.1, 0.15) is 51.3 Å². The van der Waals surface area contributed by atoms with E-state index in [0.29, 0.717) is 22.9 Å². The maximum Gasteiger partial charge on any atom is 0.295 e. The molecule has 1 aliphatic heterocycles. The molecule has 0 spiro atoms. The highest BCUT2D eigenvalue weighted by Gasteiger charge is 2.45. The normalized spacial score (nSPS) is 17.7. The first-order chi connectivity index (χ1) is 16.3. The summed E-state index contributed by atoms with van der Waals surface area (Å²) in [6.07, 6.45) is 0.752. The summed E-state index contributed by atoms with van der Waals surface area (Å²) in [4.78, 5) is 30.1. The van der Waals surface area contributed by atoms with Crippen LogP contribution in [-0.2, 0) is 9.59 Å². The van der Waals surface area contributed by atoms with Crippen molar-refractivity contribution in [3.05, 3.63) is 70.3 Å². The predicted molar refractivity (Wildman–Crippen MR) is 135 cm³/mol. The van der Waals surface area contributed by atoms with Crippen molar-refractivity contribution in [2.24, 2.45) is 0 Å². The average molecular weight is 485 g/mol. The summed E-state index contributed by atoms with van der Waals surface area (Å²) in [5, 5.41) is 11.6. The van der Waals surface area contributed by atoms with E-state index in [1.165, 1.54) is 0 Å². The van der Waals surface area contributed by atoms with Crippen LogP contribution in [0.15, 0.2) is 54.1 Å². The Labute approximate surface area is 206 Å². The number of ketones is 1. The summed E-state index contributed by atoms with van der Waals surface area (Å²) in [5.41, 5.74) is 1.27. The zero-order valence-corrected chi connectivity index (χ0v) is 21.0. The lowest BCUT2D eigenvalue weighted by atomic mass is 9.95. The smallest absolute Gasteiger partial charge is 0.295 e. The second-order valence-electron chi connectivity index (χ2n) is 8.62. The van der Waals surface area contributed by atoms with Crippen molar-refractivity contribution < 1.29 is 19.4 Å². The summed E-state index contributed by atoms with van der Waals surface area (Å²) >= 11 is 5.99. The Morgan fingerprint density at radius 1 is 1.06 bits per heavy atom. The number of carbonyl (C=O) groups excluding carboxylic acids is 2. The summed E-state index contributed by atoms with van der Waals surface area (Å²) < 4.78 is 5.74. The second kappa shape index (κ2) is 11.5. The first-order valence-corrected chi connectivity index (χ1v) is 12.2. The van der Waals surface area contributed by atoms with Crippen molar-refractivity contribution in [3.8, 4) is 5.75 Å². The van der Waals surface area contributed by atoms with Crippen LogP contribution in [-0.4, -0.2) is 58.9 Å². The van der Waals surface area contributed by atoms with Crippen LogP contribution in [0.2, 0.25) is 5.02 Å². The molecule has 7 heteroatoms. The number of carbonyl (C=O) groups is 2. The highest BCUT2D eigenvalue weighted by Crippen LogP contribution is 2.40. The maximum atomic E-state index is 13.1. The Morgan fingerprint density at radius 3 is 2.24 bits per heavy atom. The number of nitrogens with zero attached hydrogens (tertiary/aromatic N) is 2. The van der Waals surface area contributed by atoms with Gasteiger partial charge in [-0.15, -0.1) is 0 Å². The van der Waals surface area contributed by atoms with Crippen molar-refractivity contribution >= 4 is 29.1 Å². The van der Waals surface area contributed by atoms with Gasteiger partial charge in [0.05, 0.1) is 17.7 Å². The van der Waals surface area contributed by atoms with Gasteiger partial charge in [0, 0.05) is 17.1 Å². The van der Waals surface area contributed by atoms with Gasteiger partial charge in [-0.1, -0.05) is 37.6 Å². The fourth-order valence-electron chi connectivity index (χ4n) is 4.23. The quantitative estimate of drug-likeness (QED) is 0.282. The molecule has 182 valence electrons. The molecule has 2 aromatic carbocycles. The number of hydrogen-bond donors (Lipinski definition) is 1. The number of ether oxygens (including phenoxy) is 1. The van der Waals surface area contributed by atoms with Gasteiger partial charge in [0.15, 0.2) is 0 Å². The molecular weight excluding hydrogens is 452 g/mol. The van der Waals surface area contributed by atoms with E-state index in [9.17, 15) is 14.7 Å². The summed E-state index contributed by atoms with van der Waals surface area (Å²) in [5.74, 6) is -0.769. The van der Waals surface area contributed by atoms with E-state index in [0.717, 1.165) is 31.6 Å². The first-order valence-electron chi connectivity index (χ1n) is 11.8. The molecule has 1 atom stereocenters. The minimum atomic E-state index is -0.680. The van der Waals surface area contributed by atoms with Gasteiger partial charge in [0.25, 0.3) is 11.7 Å². The van der Waals surface area contributed by atoms with Crippen LogP contribution in [0, 0.1) is 0 Å². The van der Waals surface area contributed by atoms with E-state index in [1.54, 1.807) is 29.2 Å². The van der Waals surface area contributed by atoms with E-state index in [-0.39, 0.29) is 17.4 Å². The third kappa shape index (κ3) is 5.80. The Kier molecular flexibility index (Phi) is 8.75. The van der Waals surface area contributed by atoms with Crippen molar-refractivity contribution in [2.75, 3.05) is 26.2 Å². The van der Waals surface area contributed by atoms with Crippen molar-refractivity contribution in [1.82, 2.24) is 9.80 Å². The molecule has 1 amide bonds. The molecule has 1 N–H and O–H groups in total. The Balaban J connectivity index is 2.01. The molecule has 1 fully saturated rings. The van der Waals surface area contributed by atoms with Crippen molar-refractivity contribution in [2.45, 2.75) is 46.3 Å². The first kappa shape index (κ1) is 25.8. The Bertz CT molecular complexity index is 1030. The van der Waals surface area contributed by atoms with Crippen LogP contribution in [0.25, 0.3) is 5.76 Å². The summed E-state index contributed by atoms with van der Waals surface area (Å²) in [6.45, 7) is 11.2. The van der Waals surface area contributed by atoms with Gasteiger partial charge in [-0.05, 0) is 81.9 Å². The molecule has 1 saturated heterocycles. The lowest BCUT2D eigenvalue weighted by Gasteiger charge is -2.27. The highest BCUT2D eigenvalue weighted by atomic mass is 35.5. The van der Waals surface area contributed by atoms with E-state index in [4.69, 9.17) is 16.3 Å². The zero-order chi connectivity index (χ0) is 24.8. The van der Waals surface area contributed by atoms with Crippen LogP contribution in [0.4, 0.5) is 0 Å². The van der Waals surface area contributed by atoms with E-state index in [2.05, 4.69) is 18.7 Å². The van der Waals surface area contributed by atoms with Gasteiger partial charge < -0.3 is 19.6 Å². The molecular formula is C27H33ClN2O4. The maximum absolute atomic E-state index is 13.1. The van der Waals surface area contributed by atoms with Crippen LogP contribution >= 0.6 is 11.6 Å². The minimum Gasteiger partial charge on any atom is -0.507 e. The molecule has 1 heterocycles. The van der Waals surface area contributed by atoms with Crippen LogP contribution in [0.5, 0.6) is 5.75 Å². The Morgan fingerprint density at radius 2 is 1.68 bits per heavy atom. The summed E-state index contributed by atoms with van der Waals surface area (Å²) in [7, 11) is 0. The van der Waals surface area contributed by atoms with Gasteiger partial charge in [0.1, 0.15) is 11.5 Å². The van der Waals surface area contributed by atoms with Gasteiger partial charge in [-0.25, -0.2) is 0 Å². The molecule has 0 aromatic heterocycles. The molecule has 3 rings (SSSR count). The number of hydrogen-bond acceptors (Lipinski definition) is 5. The van der Waals surface area contributed by atoms with Gasteiger partial charge >= 0.3 is 0 Å². The molecule has 0 unspecified atom stereocenters. The van der Waals surface area contributed by atoms with Crippen molar-refractivity contribution in [1.29, 1.82) is 0 Å². The zero-order valence-electron chi connectivity index (χ0n) is 20.3. The molecule has 0 saturated carbocycles. The fourth-order valence-corrected chi connectivity index (χ4v) is 4.35. The SMILES string of the molecule is CCN(CC)CCCN1C(=O)C(=O)C(=C(O)c2ccc(Cl)cc2)[C@H]1c1ccc(OC(C)C)cc1. The van der Waals surface area contributed by atoms with Gasteiger partial charge in [-0.2, -0.15) is 0 Å². The molecule has 6 nitrogen and oxygen atoms in total. The molecule has 0 radical (unpaired) electrons. The number of amides is 1. The second-order valence-corrected chi connectivity index (χ2v) is 9.05. The lowest BCUT2D eigenvalue weighted by molar-refractivity contribution is -0.140. The van der Waals surface area contributed by atoms with Crippen LogP contribution in [0.3, 0.4) is 0 Å². The minimum absolute atomic E-state index is 0.0291. The number of benzene rings is 2.